The second-order valence-corrected chi connectivity index (χ2v) is 5.78. The lowest BCUT2D eigenvalue weighted by Gasteiger charge is -2.41. The number of carbonyl (C=O) groups is 1. The molecule has 0 aromatic heterocycles. The Bertz CT molecular complexity index is 332. The number of hydrogen-bond acceptors (Lipinski definition) is 4. The second-order valence-electron chi connectivity index (χ2n) is 5.78. The third-order valence-electron chi connectivity index (χ3n) is 2.71. The van der Waals surface area contributed by atoms with E-state index in [-0.39, 0.29) is 17.7 Å². The first-order valence-corrected chi connectivity index (χ1v) is 6.02. The SMILES string of the molecule is CCOC(=O)C(O)C1=CC(C)(C)NC(C)(C)C1. The maximum atomic E-state index is 11.5. The molecule has 1 aliphatic rings. The summed E-state index contributed by atoms with van der Waals surface area (Å²) >= 11 is 0. The van der Waals surface area contributed by atoms with E-state index in [1.54, 1.807) is 6.92 Å². The molecule has 0 saturated carbocycles. The summed E-state index contributed by atoms with van der Waals surface area (Å²) in [5, 5.41) is 13.4. The van der Waals surface area contributed by atoms with Gasteiger partial charge in [-0.15, -0.1) is 0 Å². The Hall–Kier alpha value is -0.870. The van der Waals surface area contributed by atoms with E-state index in [9.17, 15) is 9.90 Å². The van der Waals surface area contributed by atoms with E-state index in [4.69, 9.17) is 4.74 Å². The highest BCUT2D eigenvalue weighted by Crippen LogP contribution is 2.29. The van der Waals surface area contributed by atoms with E-state index in [1.807, 2.05) is 19.9 Å². The largest absolute Gasteiger partial charge is 0.464 e. The van der Waals surface area contributed by atoms with Crippen LogP contribution in [-0.2, 0) is 9.53 Å². The van der Waals surface area contributed by atoms with Gasteiger partial charge in [0.15, 0.2) is 6.10 Å². The average molecular weight is 241 g/mol. The van der Waals surface area contributed by atoms with Gasteiger partial charge in [-0.3, -0.25) is 0 Å². The first-order valence-electron chi connectivity index (χ1n) is 6.02. The average Bonchev–Trinajstić information content (AvgIpc) is 2.12. The maximum Gasteiger partial charge on any atom is 0.339 e. The minimum atomic E-state index is -1.14. The van der Waals surface area contributed by atoms with Gasteiger partial charge in [-0.1, -0.05) is 6.08 Å². The fourth-order valence-corrected chi connectivity index (χ4v) is 2.53. The molecule has 0 spiro atoms. The van der Waals surface area contributed by atoms with Crippen LogP contribution in [0, 0.1) is 0 Å². The van der Waals surface area contributed by atoms with Gasteiger partial charge < -0.3 is 15.2 Å². The van der Waals surface area contributed by atoms with E-state index in [0.717, 1.165) is 5.57 Å². The van der Waals surface area contributed by atoms with Crippen LogP contribution >= 0.6 is 0 Å². The summed E-state index contributed by atoms with van der Waals surface area (Å²) in [6, 6.07) is 0. The van der Waals surface area contributed by atoms with Crippen LogP contribution in [0.4, 0.5) is 0 Å². The van der Waals surface area contributed by atoms with Gasteiger partial charge in [-0.2, -0.15) is 0 Å². The number of aliphatic hydroxyl groups is 1. The van der Waals surface area contributed by atoms with Gasteiger partial charge in [0.2, 0.25) is 0 Å². The lowest BCUT2D eigenvalue weighted by atomic mass is 9.81. The number of hydrogen-bond donors (Lipinski definition) is 2. The molecule has 0 aliphatic carbocycles. The molecule has 0 bridgehead atoms. The zero-order valence-corrected chi connectivity index (χ0v) is 11.3. The van der Waals surface area contributed by atoms with E-state index in [1.165, 1.54) is 0 Å². The van der Waals surface area contributed by atoms with Crippen LogP contribution in [0.3, 0.4) is 0 Å². The van der Waals surface area contributed by atoms with E-state index < -0.39 is 12.1 Å². The normalized spacial score (nSPS) is 23.8. The Labute approximate surface area is 103 Å². The standard InChI is InChI=1S/C13H23NO3/c1-6-17-11(16)10(15)9-7-12(2,3)14-13(4,5)8-9/h7,10,14-15H,6,8H2,1-5H3. The van der Waals surface area contributed by atoms with Crippen LogP contribution in [-0.4, -0.2) is 34.9 Å². The minimum absolute atomic E-state index is 0.138. The van der Waals surface area contributed by atoms with Crippen molar-refractivity contribution in [3.05, 3.63) is 11.6 Å². The van der Waals surface area contributed by atoms with Crippen LogP contribution in [0.5, 0.6) is 0 Å². The van der Waals surface area contributed by atoms with Gasteiger partial charge in [0, 0.05) is 11.1 Å². The van der Waals surface area contributed by atoms with Crippen molar-refractivity contribution in [3.63, 3.8) is 0 Å². The van der Waals surface area contributed by atoms with Crippen molar-refractivity contribution in [3.8, 4) is 0 Å². The van der Waals surface area contributed by atoms with Crippen molar-refractivity contribution in [1.82, 2.24) is 5.32 Å². The van der Waals surface area contributed by atoms with Crippen molar-refractivity contribution in [1.29, 1.82) is 0 Å². The molecule has 4 nitrogen and oxygen atoms in total. The van der Waals surface area contributed by atoms with Crippen molar-refractivity contribution in [2.75, 3.05) is 6.61 Å². The molecule has 4 heteroatoms. The molecule has 1 atom stereocenters. The number of nitrogens with one attached hydrogen (secondary N) is 1. The van der Waals surface area contributed by atoms with Crippen LogP contribution in [0.15, 0.2) is 11.6 Å². The highest BCUT2D eigenvalue weighted by molar-refractivity contribution is 5.78. The topological polar surface area (TPSA) is 58.6 Å². The van der Waals surface area contributed by atoms with Crippen LogP contribution < -0.4 is 5.32 Å². The maximum absolute atomic E-state index is 11.5. The summed E-state index contributed by atoms with van der Waals surface area (Å²) in [6.45, 7) is 10.2. The Morgan fingerprint density at radius 2 is 2.12 bits per heavy atom. The van der Waals surface area contributed by atoms with Crippen molar-refractivity contribution >= 4 is 5.97 Å². The number of rotatable bonds is 3. The highest BCUT2D eigenvalue weighted by atomic mass is 16.5. The van der Waals surface area contributed by atoms with Crippen molar-refractivity contribution in [2.24, 2.45) is 0 Å². The lowest BCUT2D eigenvalue weighted by molar-refractivity contribution is -0.151. The molecule has 0 radical (unpaired) electrons. The summed E-state index contributed by atoms with van der Waals surface area (Å²) in [4.78, 5) is 11.5. The molecule has 98 valence electrons. The Morgan fingerprint density at radius 1 is 1.53 bits per heavy atom. The summed E-state index contributed by atoms with van der Waals surface area (Å²) in [5.74, 6) is -0.563. The second kappa shape index (κ2) is 4.78. The summed E-state index contributed by atoms with van der Waals surface area (Å²) < 4.78 is 4.84. The molecule has 0 aromatic rings. The third kappa shape index (κ3) is 3.82. The Balaban J connectivity index is 2.89. The highest BCUT2D eigenvalue weighted by Gasteiger charge is 2.36. The molecule has 1 aliphatic heterocycles. The summed E-state index contributed by atoms with van der Waals surface area (Å²) in [6.07, 6.45) is 1.41. The van der Waals surface area contributed by atoms with Gasteiger partial charge in [-0.25, -0.2) is 4.79 Å². The predicted molar refractivity (Wildman–Crippen MR) is 66.6 cm³/mol. The van der Waals surface area contributed by atoms with E-state index >= 15 is 0 Å². The molecule has 1 heterocycles. The molecular formula is C13H23NO3. The summed E-state index contributed by atoms with van der Waals surface area (Å²) in [5.41, 5.74) is 0.364. The molecular weight excluding hydrogens is 218 g/mol. The fourth-order valence-electron chi connectivity index (χ4n) is 2.53. The summed E-state index contributed by atoms with van der Waals surface area (Å²) in [7, 11) is 0. The predicted octanol–water partition coefficient (Wildman–Crippen LogP) is 1.39. The smallest absolute Gasteiger partial charge is 0.339 e. The molecule has 0 aromatic carbocycles. The molecule has 0 amide bonds. The van der Waals surface area contributed by atoms with Crippen LogP contribution in [0.25, 0.3) is 0 Å². The van der Waals surface area contributed by atoms with Crippen molar-refractivity contribution in [2.45, 2.75) is 58.2 Å². The zero-order chi connectivity index (χ0) is 13.3. The molecule has 17 heavy (non-hydrogen) atoms. The van der Waals surface area contributed by atoms with Crippen LogP contribution in [0.1, 0.15) is 41.0 Å². The van der Waals surface area contributed by atoms with Gasteiger partial charge in [-0.05, 0) is 46.6 Å². The number of ether oxygens (including phenoxy) is 1. The van der Waals surface area contributed by atoms with Gasteiger partial charge >= 0.3 is 5.97 Å². The Kier molecular flexibility index (Phi) is 3.99. The third-order valence-corrected chi connectivity index (χ3v) is 2.71. The minimum Gasteiger partial charge on any atom is -0.464 e. The van der Waals surface area contributed by atoms with E-state index in [2.05, 4.69) is 19.2 Å². The quantitative estimate of drug-likeness (QED) is 0.579. The Morgan fingerprint density at radius 3 is 2.59 bits per heavy atom. The number of carbonyl (C=O) groups excluding carboxylic acids is 1. The van der Waals surface area contributed by atoms with Crippen LogP contribution in [0.2, 0.25) is 0 Å². The van der Waals surface area contributed by atoms with Gasteiger partial charge in [0.1, 0.15) is 0 Å². The number of esters is 1. The molecule has 1 rings (SSSR count). The molecule has 0 fully saturated rings. The van der Waals surface area contributed by atoms with Gasteiger partial charge in [0.05, 0.1) is 6.61 Å². The monoisotopic (exact) mass is 241 g/mol. The first-order chi connectivity index (χ1) is 7.67. The van der Waals surface area contributed by atoms with Gasteiger partial charge in [0.25, 0.3) is 0 Å². The first kappa shape index (κ1) is 14.2. The lowest BCUT2D eigenvalue weighted by Crippen LogP contribution is -2.55. The van der Waals surface area contributed by atoms with Crippen molar-refractivity contribution < 1.29 is 14.6 Å². The van der Waals surface area contributed by atoms with E-state index in [0.29, 0.717) is 6.42 Å². The molecule has 1 unspecified atom stereocenters. The zero-order valence-electron chi connectivity index (χ0n) is 11.3. The fraction of sp³-hybridized carbons (Fsp3) is 0.769. The molecule has 2 N–H and O–H groups in total. The molecule has 0 saturated heterocycles. The number of aliphatic hydroxyl groups excluding tert-OH is 1.